The Bertz CT molecular complexity index is 501. The maximum Gasteiger partial charge on any atom is 0.205 e. The molecule has 2 aromatic rings. The standard InChI is InChI=1S/C10H9N3O2/c1-13(14)12-15-10-6-7-11-9-5-3-2-4-8(9)10/h2-7H,1H3. The monoisotopic (exact) mass is 203 g/mol. The van der Waals surface area contributed by atoms with Gasteiger partial charge < -0.3 is 10.0 Å². The van der Waals surface area contributed by atoms with Gasteiger partial charge in [0.15, 0.2) is 12.8 Å². The van der Waals surface area contributed by atoms with E-state index < -0.39 is 0 Å². The molecule has 15 heavy (non-hydrogen) atoms. The van der Waals surface area contributed by atoms with Crippen molar-refractivity contribution in [3.8, 4) is 5.75 Å². The minimum absolute atomic E-state index is 0.356. The quantitative estimate of drug-likeness (QED) is 0.426. The number of fused-ring (bicyclic) bond motifs is 1. The molecule has 0 unspecified atom stereocenters. The highest BCUT2D eigenvalue weighted by atomic mass is 16.7. The lowest BCUT2D eigenvalue weighted by atomic mass is 10.2. The molecule has 0 saturated heterocycles. The van der Waals surface area contributed by atoms with Crippen LogP contribution in [-0.2, 0) is 0 Å². The van der Waals surface area contributed by atoms with Gasteiger partial charge in [-0.3, -0.25) is 4.98 Å². The van der Waals surface area contributed by atoms with Crippen LogP contribution in [0.2, 0.25) is 0 Å². The van der Waals surface area contributed by atoms with Gasteiger partial charge in [-0.15, -0.1) is 0 Å². The molecule has 1 aromatic carbocycles. The highest BCUT2D eigenvalue weighted by Gasteiger charge is 2.02. The van der Waals surface area contributed by atoms with Crippen LogP contribution >= 0.6 is 0 Å². The van der Waals surface area contributed by atoms with Gasteiger partial charge in [-0.1, -0.05) is 17.0 Å². The minimum Gasteiger partial charge on any atom is -0.598 e. The molecule has 0 bridgehead atoms. The van der Waals surface area contributed by atoms with Gasteiger partial charge in [0.2, 0.25) is 5.28 Å². The molecule has 0 amide bonds. The topological polar surface area (TPSA) is 60.5 Å². The Morgan fingerprint density at radius 1 is 1.33 bits per heavy atom. The molecule has 0 atom stereocenters. The molecule has 1 heterocycles. The second-order valence-corrected chi connectivity index (χ2v) is 2.96. The van der Waals surface area contributed by atoms with Crippen molar-refractivity contribution < 1.29 is 9.70 Å². The van der Waals surface area contributed by atoms with Crippen molar-refractivity contribution in [3.63, 3.8) is 0 Å². The SMILES string of the molecule is C[N+]([O-])=NOc1ccnc2ccccc12. The number of aromatic nitrogens is 1. The molecule has 2 rings (SSSR count). The Hall–Kier alpha value is -2.17. The van der Waals surface area contributed by atoms with Crippen molar-refractivity contribution in [2.75, 3.05) is 7.05 Å². The van der Waals surface area contributed by atoms with E-state index >= 15 is 0 Å². The molecular formula is C10H9N3O2. The Morgan fingerprint density at radius 2 is 2.13 bits per heavy atom. The second-order valence-electron chi connectivity index (χ2n) is 2.96. The van der Waals surface area contributed by atoms with Crippen LogP contribution in [0.4, 0.5) is 0 Å². The average Bonchev–Trinajstić information content (AvgIpc) is 2.26. The van der Waals surface area contributed by atoms with Crippen LogP contribution in [-0.4, -0.2) is 16.9 Å². The summed E-state index contributed by atoms with van der Waals surface area (Å²) in [6.07, 6.45) is 1.61. The third-order valence-corrected chi connectivity index (χ3v) is 1.86. The summed E-state index contributed by atoms with van der Waals surface area (Å²) in [6.45, 7) is 0. The Kier molecular flexibility index (Phi) is 2.45. The van der Waals surface area contributed by atoms with Gasteiger partial charge >= 0.3 is 0 Å². The molecule has 0 N–H and O–H groups in total. The van der Waals surface area contributed by atoms with Crippen molar-refractivity contribution in [3.05, 3.63) is 41.7 Å². The summed E-state index contributed by atoms with van der Waals surface area (Å²) < 4.78 is 0. The Balaban J connectivity index is 2.47. The van der Waals surface area contributed by atoms with Gasteiger partial charge in [0.05, 0.1) is 5.52 Å². The Morgan fingerprint density at radius 3 is 2.93 bits per heavy atom. The van der Waals surface area contributed by atoms with Crippen molar-refractivity contribution in [1.29, 1.82) is 0 Å². The average molecular weight is 203 g/mol. The fraction of sp³-hybridized carbons (Fsp3) is 0.100. The Labute approximate surface area is 86.2 Å². The van der Waals surface area contributed by atoms with E-state index in [0.29, 0.717) is 10.6 Å². The third kappa shape index (κ3) is 2.01. The first-order valence-corrected chi connectivity index (χ1v) is 4.40. The van der Waals surface area contributed by atoms with Crippen molar-refractivity contribution >= 4 is 10.9 Å². The number of para-hydroxylation sites is 1. The number of hydrogen-bond donors (Lipinski definition) is 0. The summed E-state index contributed by atoms with van der Waals surface area (Å²) in [6, 6.07) is 9.14. The van der Waals surface area contributed by atoms with Crippen LogP contribution in [0.1, 0.15) is 0 Å². The highest BCUT2D eigenvalue weighted by molar-refractivity contribution is 5.84. The first-order valence-electron chi connectivity index (χ1n) is 4.40. The molecule has 76 valence electrons. The first-order chi connectivity index (χ1) is 7.27. The second kappa shape index (κ2) is 3.91. The van der Waals surface area contributed by atoms with Gasteiger partial charge in [-0.25, -0.2) is 0 Å². The molecule has 5 heteroatoms. The zero-order chi connectivity index (χ0) is 10.7. The van der Waals surface area contributed by atoms with E-state index in [4.69, 9.17) is 4.84 Å². The molecule has 0 aliphatic carbocycles. The van der Waals surface area contributed by atoms with Crippen LogP contribution < -0.4 is 4.84 Å². The molecule has 0 fully saturated rings. The zero-order valence-electron chi connectivity index (χ0n) is 8.12. The van der Waals surface area contributed by atoms with Gasteiger partial charge in [-0.05, 0) is 12.1 Å². The largest absolute Gasteiger partial charge is 0.598 e. The van der Waals surface area contributed by atoms with Crippen LogP contribution in [0.15, 0.2) is 41.8 Å². The van der Waals surface area contributed by atoms with E-state index in [2.05, 4.69) is 10.3 Å². The van der Waals surface area contributed by atoms with Crippen LogP contribution in [0.5, 0.6) is 5.75 Å². The summed E-state index contributed by atoms with van der Waals surface area (Å²) in [7, 11) is 1.25. The van der Waals surface area contributed by atoms with Crippen LogP contribution in [0.25, 0.3) is 10.9 Å². The van der Waals surface area contributed by atoms with Crippen molar-refractivity contribution in [2.24, 2.45) is 5.28 Å². The smallest absolute Gasteiger partial charge is 0.205 e. The molecule has 5 nitrogen and oxygen atoms in total. The number of rotatable bonds is 2. The normalized spacial score (nSPS) is 11.7. The van der Waals surface area contributed by atoms with Crippen molar-refractivity contribution in [1.82, 2.24) is 4.98 Å². The lowest BCUT2D eigenvalue weighted by Crippen LogP contribution is -1.94. The van der Waals surface area contributed by atoms with Gasteiger partial charge in [0, 0.05) is 17.6 Å². The predicted molar refractivity (Wildman–Crippen MR) is 54.4 cm³/mol. The maximum absolute atomic E-state index is 10.6. The number of hydrogen-bond acceptors (Lipinski definition) is 4. The van der Waals surface area contributed by atoms with Gasteiger partial charge in [-0.2, -0.15) is 0 Å². The van der Waals surface area contributed by atoms with Crippen molar-refractivity contribution in [2.45, 2.75) is 0 Å². The molecule has 0 aliphatic heterocycles. The highest BCUT2D eigenvalue weighted by Crippen LogP contribution is 2.23. The van der Waals surface area contributed by atoms with E-state index in [1.54, 1.807) is 12.3 Å². The number of nitrogens with zero attached hydrogens (tertiary/aromatic N) is 3. The van der Waals surface area contributed by atoms with E-state index in [9.17, 15) is 5.21 Å². The number of pyridine rings is 1. The summed E-state index contributed by atoms with van der Waals surface area (Å²) >= 11 is 0. The van der Waals surface area contributed by atoms with Gasteiger partial charge in [0.25, 0.3) is 0 Å². The summed E-state index contributed by atoms with van der Waals surface area (Å²) in [5, 5.41) is 14.7. The lowest BCUT2D eigenvalue weighted by Gasteiger charge is -2.00. The molecule has 0 spiro atoms. The third-order valence-electron chi connectivity index (χ3n) is 1.86. The minimum atomic E-state index is 0.356. The zero-order valence-corrected chi connectivity index (χ0v) is 8.12. The van der Waals surface area contributed by atoms with E-state index in [-0.39, 0.29) is 0 Å². The fourth-order valence-corrected chi connectivity index (χ4v) is 1.25. The maximum atomic E-state index is 10.6. The summed E-state index contributed by atoms with van der Waals surface area (Å²) in [5.41, 5.74) is 0.804. The molecule has 0 radical (unpaired) electrons. The summed E-state index contributed by atoms with van der Waals surface area (Å²) in [5.74, 6) is 0.517. The lowest BCUT2D eigenvalue weighted by molar-refractivity contribution is -0.522. The molecule has 0 aliphatic rings. The van der Waals surface area contributed by atoms with Crippen LogP contribution in [0.3, 0.4) is 0 Å². The molecule has 0 saturated carbocycles. The van der Waals surface area contributed by atoms with Gasteiger partial charge in [0.1, 0.15) is 0 Å². The molecular weight excluding hydrogens is 194 g/mol. The predicted octanol–water partition coefficient (Wildman–Crippen LogP) is 2.12. The van der Waals surface area contributed by atoms with E-state index in [1.165, 1.54) is 7.05 Å². The van der Waals surface area contributed by atoms with E-state index in [0.717, 1.165) is 10.9 Å². The van der Waals surface area contributed by atoms with E-state index in [1.807, 2.05) is 24.3 Å². The first kappa shape index (κ1) is 9.39. The molecule has 1 aromatic heterocycles. The van der Waals surface area contributed by atoms with Crippen LogP contribution in [0, 0.1) is 5.21 Å². The number of benzene rings is 1. The summed E-state index contributed by atoms with van der Waals surface area (Å²) in [4.78, 5) is 9.49. The fourth-order valence-electron chi connectivity index (χ4n) is 1.25. The number of hydroxylamine groups is 1.